The Morgan fingerprint density at radius 2 is 2.05 bits per heavy atom. The van der Waals surface area contributed by atoms with Crippen LogP contribution in [0.5, 0.6) is 0 Å². The van der Waals surface area contributed by atoms with Gasteiger partial charge in [-0.2, -0.15) is 5.10 Å². The normalized spacial score (nSPS) is 23.4. The number of nitrogens with zero attached hydrogens (tertiary/aromatic N) is 3. The average molecular weight is 292 g/mol. The van der Waals surface area contributed by atoms with Crippen molar-refractivity contribution in [3.8, 4) is 0 Å². The fourth-order valence-electron chi connectivity index (χ4n) is 3.29. The van der Waals surface area contributed by atoms with Gasteiger partial charge in [-0.25, -0.2) is 0 Å². The van der Waals surface area contributed by atoms with E-state index in [4.69, 9.17) is 4.99 Å². The molecule has 1 spiro atoms. The summed E-state index contributed by atoms with van der Waals surface area (Å²) in [6, 6.07) is 0. The summed E-state index contributed by atoms with van der Waals surface area (Å²) >= 11 is 1.90. The van der Waals surface area contributed by atoms with Crippen LogP contribution in [0.15, 0.2) is 4.99 Å². The molecule has 0 amide bonds. The second-order valence-electron chi connectivity index (χ2n) is 6.15. The fourth-order valence-corrected chi connectivity index (χ4v) is 4.50. The van der Waals surface area contributed by atoms with Crippen molar-refractivity contribution in [2.75, 3.05) is 5.75 Å². The van der Waals surface area contributed by atoms with E-state index >= 15 is 0 Å². The van der Waals surface area contributed by atoms with Crippen LogP contribution in [0.25, 0.3) is 0 Å². The van der Waals surface area contributed by atoms with Crippen molar-refractivity contribution in [2.45, 2.75) is 58.0 Å². The predicted octanol–water partition coefficient (Wildman–Crippen LogP) is 2.93. The molecule has 2 aliphatic rings. The summed E-state index contributed by atoms with van der Waals surface area (Å²) in [6.45, 7) is 4.94. The van der Waals surface area contributed by atoms with Gasteiger partial charge in [0.2, 0.25) is 0 Å². The van der Waals surface area contributed by atoms with Crippen LogP contribution < -0.4 is 5.32 Å². The molecule has 1 saturated carbocycles. The Kier molecular flexibility index (Phi) is 3.80. The van der Waals surface area contributed by atoms with Gasteiger partial charge in [0.05, 0.1) is 12.2 Å². The molecule has 3 rings (SSSR count). The maximum absolute atomic E-state index is 4.79. The van der Waals surface area contributed by atoms with Crippen LogP contribution in [0, 0.1) is 13.8 Å². The number of hydrogen-bond donors (Lipinski definition) is 1. The molecule has 2 heterocycles. The van der Waals surface area contributed by atoms with Crippen molar-refractivity contribution in [1.29, 1.82) is 0 Å². The van der Waals surface area contributed by atoms with E-state index in [2.05, 4.69) is 24.3 Å². The van der Waals surface area contributed by atoms with E-state index in [9.17, 15) is 0 Å². The molecule has 0 aromatic carbocycles. The Labute approximate surface area is 125 Å². The highest BCUT2D eigenvalue weighted by Gasteiger charge is 2.37. The summed E-state index contributed by atoms with van der Waals surface area (Å²) in [6.07, 6.45) is 6.74. The summed E-state index contributed by atoms with van der Waals surface area (Å²) < 4.78 is 1.95. The molecule has 1 N–H and O–H groups in total. The third kappa shape index (κ3) is 2.60. The van der Waals surface area contributed by atoms with E-state index in [1.54, 1.807) is 0 Å². The van der Waals surface area contributed by atoms with E-state index in [0.29, 0.717) is 5.54 Å². The lowest BCUT2D eigenvalue weighted by molar-refractivity contribution is 0.303. The van der Waals surface area contributed by atoms with Crippen LogP contribution in [-0.4, -0.2) is 26.2 Å². The average Bonchev–Trinajstić information content (AvgIpc) is 2.92. The van der Waals surface area contributed by atoms with E-state index in [1.807, 2.05) is 23.5 Å². The number of amidine groups is 1. The third-order valence-corrected chi connectivity index (χ3v) is 5.91. The Hall–Kier alpha value is -0.970. The largest absolute Gasteiger partial charge is 0.359 e. The van der Waals surface area contributed by atoms with Crippen molar-refractivity contribution in [3.05, 3.63) is 17.0 Å². The zero-order chi connectivity index (χ0) is 14.2. The zero-order valence-electron chi connectivity index (χ0n) is 12.7. The van der Waals surface area contributed by atoms with Crippen molar-refractivity contribution in [2.24, 2.45) is 12.0 Å². The van der Waals surface area contributed by atoms with Gasteiger partial charge in [0.15, 0.2) is 5.17 Å². The molecule has 1 aliphatic heterocycles. The molecule has 0 bridgehead atoms. The highest BCUT2D eigenvalue weighted by Crippen LogP contribution is 2.36. The van der Waals surface area contributed by atoms with Crippen molar-refractivity contribution in [3.63, 3.8) is 0 Å². The molecule has 1 aliphatic carbocycles. The lowest BCUT2D eigenvalue weighted by Crippen LogP contribution is -2.45. The first-order valence-corrected chi connectivity index (χ1v) is 8.53. The molecule has 1 aromatic rings. The molecule has 2 fully saturated rings. The van der Waals surface area contributed by atoms with Crippen LogP contribution in [0.4, 0.5) is 0 Å². The number of aliphatic imine (C=N–C) groups is 1. The van der Waals surface area contributed by atoms with Crippen molar-refractivity contribution in [1.82, 2.24) is 15.1 Å². The summed E-state index contributed by atoms with van der Waals surface area (Å²) in [5.41, 5.74) is 3.94. The number of aryl methyl sites for hydroxylation is 2. The summed E-state index contributed by atoms with van der Waals surface area (Å²) in [7, 11) is 2.00. The van der Waals surface area contributed by atoms with Crippen LogP contribution in [-0.2, 0) is 13.6 Å². The number of nitrogens with one attached hydrogen (secondary N) is 1. The molecular weight excluding hydrogens is 268 g/mol. The molecule has 20 heavy (non-hydrogen) atoms. The quantitative estimate of drug-likeness (QED) is 0.911. The summed E-state index contributed by atoms with van der Waals surface area (Å²) in [5, 5.41) is 9.30. The molecule has 110 valence electrons. The summed E-state index contributed by atoms with van der Waals surface area (Å²) in [5.74, 6) is 1.19. The molecule has 1 aromatic heterocycles. The van der Waals surface area contributed by atoms with E-state index in [0.717, 1.165) is 17.4 Å². The first-order valence-electron chi connectivity index (χ1n) is 7.54. The van der Waals surface area contributed by atoms with Crippen LogP contribution in [0.2, 0.25) is 0 Å². The van der Waals surface area contributed by atoms with Crippen molar-refractivity contribution >= 4 is 16.9 Å². The second kappa shape index (κ2) is 5.43. The smallest absolute Gasteiger partial charge is 0.157 e. The first-order chi connectivity index (χ1) is 9.60. The number of aromatic nitrogens is 2. The topological polar surface area (TPSA) is 42.2 Å². The monoisotopic (exact) mass is 292 g/mol. The Morgan fingerprint density at radius 1 is 1.30 bits per heavy atom. The van der Waals surface area contributed by atoms with E-state index < -0.39 is 0 Å². The van der Waals surface area contributed by atoms with Crippen LogP contribution >= 0.6 is 11.8 Å². The lowest BCUT2D eigenvalue weighted by atomic mass is 9.83. The minimum atomic E-state index is 0.348. The molecule has 1 saturated heterocycles. The molecular formula is C15H24N4S. The van der Waals surface area contributed by atoms with Gasteiger partial charge in [0.25, 0.3) is 0 Å². The van der Waals surface area contributed by atoms with Gasteiger partial charge >= 0.3 is 0 Å². The molecule has 0 radical (unpaired) electrons. The van der Waals surface area contributed by atoms with E-state index in [1.165, 1.54) is 49.1 Å². The van der Waals surface area contributed by atoms with Gasteiger partial charge in [0, 0.05) is 29.6 Å². The Balaban J connectivity index is 1.68. The minimum Gasteiger partial charge on any atom is -0.359 e. The van der Waals surface area contributed by atoms with Gasteiger partial charge in [-0.1, -0.05) is 31.0 Å². The molecule has 4 nitrogen and oxygen atoms in total. The number of hydrogen-bond acceptors (Lipinski definition) is 3. The maximum Gasteiger partial charge on any atom is 0.157 e. The fraction of sp³-hybridized carbons (Fsp3) is 0.733. The minimum absolute atomic E-state index is 0.348. The van der Waals surface area contributed by atoms with E-state index in [-0.39, 0.29) is 0 Å². The summed E-state index contributed by atoms with van der Waals surface area (Å²) in [4.78, 5) is 4.79. The SMILES string of the molecule is Cc1nn(C)c(C)c1CN=C1NC2(CCCCC2)CS1. The highest BCUT2D eigenvalue weighted by molar-refractivity contribution is 8.14. The molecule has 5 heteroatoms. The first kappa shape index (κ1) is 14.0. The zero-order valence-corrected chi connectivity index (χ0v) is 13.5. The number of rotatable bonds is 2. The lowest BCUT2D eigenvalue weighted by Gasteiger charge is -2.32. The van der Waals surface area contributed by atoms with Crippen molar-refractivity contribution < 1.29 is 0 Å². The highest BCUT2D eigenvalue weighted by atomic mass is 32.2. The molecule has 0 atom stereocenters. The Morgan fingerprint density at radius 3 is 2.70 bits per heavy atom. The standard InChI is InChI=1S/C15H24N4S/c1-11-13(12(2)19(3)18-11)9-16-14-17-15(10-20-14)7-5-4-6-8-15/h4-10H2,1-3H3,(H,16,17). The maximum atomic E-state index is 4.79. The van der Waals surface area contributed by atoms with Gasteiger partial charge in [-0.3, -0.25) is 9.67 Å². The van der Waals surface area contributed by atoms with Crippen LogP contribution in [0.3, 0.4) is 0 Å². The van der Waals surface area contributed by atoms with Gasteiger partial charge in [0.1, 0.15) is 0 Å². The predicted molar refractivity (Wildman–Crippen MR) is 85.2 cm³/mol. The molecule has 0 unspecified atom stereocenters. The van der Waals surface area contributed by atoms with Crippen LogP contribution in [0.1, 0.15) is 49.1 Å². The van der Waals surface area contributed by atoms with Gasteiger partial charge < -0.3 is 5.32 Å². The number of thioether (sulfide) groups is 1. The van der Waals surface area contributed by atoms with Gasteiger partial charge in [-0.05, 0) is 26.7 Å². The van der Waals surface area contributed by atoms with Gasteiger partial charge in [-0.15, -0.1) is 0 Å². The Bertz CT molecular complexity index is 526. The second-order valence-corrected chi connectivity index (χ2v) is 7.11. The third-order valence-electron chi connectivity index (χ3n) is 4.71.